The van der Waals surface area contributed by atoms with E-state index < -0.39 is 0 Å². The quantitative estimate of drug-likeness (QED) is 0.936. The fraction of sp³-hybridized carbons (Fsp3) is 0.500. The Morgan fingerprint density at radius 3 is 2.62 bits per heavy atom. The second-order valence-electron chi connectivity index (χ2n) is 6.67. The fourth-order valence-corrected chi connectivity index (χ4v) is 3.42. The summed E-state index contributed by atoms with van der Waals surface area (Å²) in [5.41, 5.74) is 3.79. The van der Waals surface area contributed by atoms with Crippen LogP contribution in [0.5, 0.6) is 0 Å². The summed E-state index contributed by atoms with van der Waals surface area (Å²) >= 11 is 0. The largest absolute Gasteiger partial charge is 0.357 e. The van der Waals surface area contributed by atoms with Crippen LogP contribution in [0.25, 0.3) is 10.9 Å². The maximum atomic E-state index is 12.6. The number of rotatable bonds is 3. The second-order valence-corrected chi connectivity index (χ2v) is 6.67. The van der Waals surface area contributed by atoms with Crippen LogP contribution in [-0.4, -0.2) is 27.8 Å². The van der Waals surface area contributed by atoms with Crippen LogP contribution in [0.4, 0.5) is 0 Å². The zero-order valence-electron chi connectivity index (χ0n) is 13.3. The number of carbonyl (C=O) groups excluding carboxylic acids is 1. The van der Waals surface area contributed by atoms with Gasteiger partial charge in [-0.25, -0.2) is 0 Å². The molecule has 1 aliphatic heterocycles. The number of hydrogen-bond acceptors (Lipinski definition) is 2. The number of fused-ring (bicyclic) bond motifs is 3. The number of aromatic nitrogens is 1. The summed E-state index contributed by atoms with van der Waals surface area (Å²) in [6.07, 6.45) is 0.828. The van der Waals surface area contributed by atoms with Crippen LogP contribution in [-0.2, 0) is 17.8 Å². The van der Waals surface area contributed by atoms with Crippen LogP contribution in [0.1, 0.15) is 39.0 Å². The molecular formula is C18H24N2O. The van der Waals surface area contributed by atoms with E-state index in [1.54, 1.807) is 0 Å². The van der Waals surface area contributed by atoms with Crippen LogP contribution in [0.2, 0.25) is 0 Å². The summed E-state index contributed by atoms with van der Waals surface area (Å²) in [6, 6.07) is 8.79. The summed E-state index contributed by atoms with van der Waals surface area (Å²) in [6.45, 7) is 9.20. The number of carbonyl (C=O) groups is 1. The van der Waals surface area contributed by atoms with Gasteiger partial charge in [0.2, 0.25) is 0 Å². The zero-order chi connectivity index (χ0) is 15.1. The van der Waals surface area contributed by atoms with Gasteiger partial charge in [0, 0.05) is 35.1 Å². The van der Waals surface area contributed by atoms with Crippen LogP contribution >= 0.6 is 0 Å². The molecule has 1 N–H and O–H groups in total. The molecule has 0 saturated heterocycles. The van der Waals surface area contributed by atoms with Crippen LogP contribution in [0.3, 0.4) is 0 Å². The van der Waals surface area contributed by atoms with E-state index in [4.69, 9.17) is 0 Å². The highest BCUT2D eigenvalue weighted by Gasteiger charge is 2.35. The number of nitrogens with zero attached hydrogens (tertiary/aromatic N) is 1. The lowest BCUT2D eigenvalue weighted by Crippen LogP contribution is -2.50. The average Bonchev–Trinajstić information content (AvgIpc) is 2.82. The van der Waals surface area contributed by atoms with E-state index in [1.807, 2.05) is 13.8 Å². The maximum absolute atomic E-state index is 12.6. The molecule has 0 aliphatic carbocycles. The van der Waals surface area contributed by atoms with Crippen LogP contribution in [0, 0.1) is 5.92 Å². The molecule has 0 radical (unpaired) electrons. The first-order valence-electron chi connectivity index (χ1n) is 7.87. The summed E-state index contributed by atoms with van der Waals surface area (Å²) in [5.74, 6) is 0.447. The first kappa shape index (κ1) is 14.3. The molecule has 1 atom stereocenters. The molecule has 3 heteroatoms. The summed E-state index contributed by atoms with van der Waals surface area (Å²) in [4.78, 5) is 18.5. The van der Waals surface area contributed by atoms with Gasteiger partial charge in [0.15, 0.2) is 5.78 Å². The molecular weight excluding hydrogens is 260 g/mol. The van der Waals surface area contributed by atoms with E-state index in [-0.39, 0.29) is 12.0 Å². The zero-order valence-corrected chi connectivity index (χ0v) is 13.3. The molecule has 0 amide bonds. The molecule has 3 nitrogen and oxygen atoms in total. The van der Waals surface area contributed by atoms with Crippen molar-refractivity contribution in [1.29, 1.82) is 0 Å². The third kappa shape index (κ3) is 2.40. The van der Waals surface area contributed by atoms with E-state index in [0.29, 0.717) is 11.8 Å². The lowest BCUT2D eigenvalue weighted by molar-refractivity contribution is -0.128. The molecule has 1 aliphatic rings. The van der Waals surface area contributed by atoms with E-state index in [1.165, 1.54) is 22.2 Å². The molecule has 1 aromatic heterocycles. The number of nitrogens with one attached hydrogen (secondary N) is 1. The third-order valence-electron chi connectivity index (χ3n) is 4.60. The topological polar surface area (TPSA) is 36.1 Å². The monoisotopic (exact) mass is 284 g/mol. The minimum Gasteiger partial charge on any atom is -0.357 e. The highest BCUT2D eigenvalue weighted by molar-refractivity contribution is 5.89. The van der Waals surface area contributed by atoms with Gasteiger partial charge in [-0.2, -0.15) is 0 Å². The fourth-order valence-electron chi connectivity index (χ4n) is 3.42. The molecule has 2 heterocycles. The first-order chi connectivity index (χ1) is 9.99. The Labute approximate surface area is 126 Å². The van der Waals surface area contributed by atoms with Crippen molar-refractivity contribution in [3.8, 4) is 0 Å². The van der Waals surface area contributed by atoms with Crippen molar-refractivity contribution in [2.45, 2.75) is 52.7 Å². The normalized spacial score (nSPS) is 19.4. The second kappa shape index (κ2) is 5.30. The van der Waals surface area contributed by atoms with Gasteiger partial charge in [-0.1, -0.05) is 32.0 Å². The van der Waals surface area contributed by atoms with Crippen molar-refractivity contribution in [3.63, 3.8) is 0 Å². The first-order valence-corrected chi connectivity index (χ1v) is 7.87. The Morgan fingerprint density at radius 2 is 1.95 bits per heavy atom. The van der Waals surface area contributed by atoms with Crippen molar-refractivity contribution < 1.29 is 4.79 Å². The van der Waals surface area contributed by atoms with Gasteiger partial charge in [0.25, 0.3) is 0 Å². The Balaban J connectivity index is 2.06. The summed E-state index contributed by atoms with van der Waals surface area (Å²) < 4.78 is 0. The van der Waals surface area contributed by atoms with E-state index in [2.05, 4.69) is 48.0 Å². The van der Waals surface area contributed by atoms with Gasteiger partial charge in [-0.05, 0) is 31.9 Å². The van der Waals surface area contributed by atoms with Crippen molar-refractivity contribution >= 4 is 16.7 Å². The summed E-state index contributed by atoms with van der Waals surface area (Å²) in [5, 5.41) is 1.28. The van der Waals surface area contributed by atoms with Crippen LogP contribution < -0.4 is 0 Å². The molecule has 1 unspecified atom stereocenters. The molecule has 1 aromatic carbocycles. The van der Waals surface area contributed by atoms with Crippen molar-refractivity contribution in [1.82, 2.24) is 9.88 Å². The molecule has 2 aromatic rings. The van der Waals surface area contributed by atoms with Crippen molar-refractivity contribution in [2.75, 3.05) is 0 Å². The molecule has 0 spiro atoms. The molecule has 0 bridgehead atoms. The number of para-hydroxylation sites is 1. The van der Waals surface area contributed by atoms with Gasteiger partial charge < -0.3 is 4.98 Å². The van der Waals surface area contributed by atoms with Crippen LogP contribution in [0.15, 0.2) is 24.3 Å². The molecule has 112 valence electrons. The number of Topliss-reactive ketones (excluding diaryl/α,β-unsaturated/α-hetero) is 1. The minimum atomic E-state index is 0.0108. The van der Waals surface area contributed by atoms with E-state index in [9.17, 15) is 4.79 Å². The van der Waals surface area contributed by atoms with Gasteiger partial charge in [0.05, 0.1) is 6.04 Å². The Bertz CT molecular complexity index is 669. The highest BCUT2D eigenvalue weighted by atomic mass is 16.1. The standard InChI is InChI=1S/C18H24N2O/c1-11(2)18(21)17-9-14-13-7-5-6-8-15(13)19-16(14)10-20(17)12(3)4/h5-8,11-12,17,19H,9-10H2,1-4H3. The Hall–Kier alpha value is -1.61. The number of benzene rings is 1. The minimum absolute atomic E-state index is 0.0108. The number of hydrogen-bond donors (Lipinski definition) is 1. The van der Waals surface area contributed by atoms with Gasteiger partial charge >= 0.3 is 0 Å². The Morgan fingerprint density at radius 1 is 1.24 bits per heavy atom. The maximum Gasteiger partial charge on any atom is 0.152 e. The molecule has 0 fully saturated rings. The lowest BCUT2D eigenvalue weighted by Gasteiger charge is -2.38. The van der Waals surface area contributed by atoms with E-state index >= 15 is 0 Å². The van der Waals surface area contributed by atoms with Gasteiger partial charge in [0.1, 0.15) is 0 Å². The number of ketones is 1. The van der Waals surface area contributed by atoms with Crippen molar-refractivity contribution in [2.24, 2.45) is 5.92 Å². The predicted molar refractivity (Wildman–Crippen MR) is 86.3 cm³/mol. The Kier molecular flexibility index (Phi) is 3.62. The molecule has 21 heavy (non-hydrogen) atoms. The molecule has 3 rings (SSSR count). The SMILES string of the molecule is CC(C)C(=O)C1Cc2c([nH]c3ccccc23)CN1C(C)C. The van der Waals surface area contributed by atoms with Gasteiger partial charge in [-0.3, -0.25) is 9.69 Å². The van der Waals surface area contributed by atoms with Gasteiger partial charge in [-0.15, -0.1) is 0 Å². The average molecular weight is 284 g/mol. The number of H-pyrrole nitrogens is 1. The smallest absolute Gasteiger partial charge is 0.152 e. The number of aromatic amines is 1. The predicted octanol–water partition coefficient (Wildman–Crippen LogP) is 3.53. The highest BCUT2D eigenvalue weighted by Crippen LogP contribution is 2.32. The molecule has 0 saturated carbocycles. The summed E-state index contributed by atoms with van der Waals surface area (Å²) in [7, 11) is 0. The third-order valence-corrected chi connectivity index (χ3v) is 4.60. The van der Waals surface area contributed by atoms with E-state index in [0.717, 1.165) is 13.0 Å². The lowest BCUT2D eigenvalue weighted by atomic mass is 9.89. The van der Waals surface area contributed by atoms with Crippen molar-refractivity contribution in [3.05, 3.63) is 35.5 Å².